The van der Waals surface area contributed by atoms with E-state index in [9.17, 15) is 4.79 Å². The maximum atomic E-state index is 12.7. The molecule has 0 spiro atoms. The number of benzene rings is 1. The third-order valence-corrected chi connectivity index (χ3v) is 5.21. The van der Waals surface area contributed by atoms with Crippen LogP contribution in [0.25, 0.3) is 0 Å². The fraction of sp³-hybridized carbons (Fsp3) is 0.375. The number of carbonyl (C=O) groups is 1. The van der Waals surface area contributed by atoms with Crippen molar-refractivity contribution in [1.82, 2.24) is 9.88 Å². The third-order valence-electron chi connectivity index (χ3n) is 3.56. The van der Waals surface area contributed by atoms with Crippen LogP contribution in [-0.2, 0) is 23.3 Å². The van der Waals surface area contributed by atoms with Gasteiger partial charge in [-0.05, 0) is 31.0 Å². The van der Waals surface area contributed by atoms with Crippen molar-refractivity contribution < 1.29 is 4.79 Å². The Morgan fingerprint density at radius 1 is 1.41 bits per heavy atom. The second-order valence-electron chi connectivity index (χ2n) is 5.44. The molecule has 118 valence electrons. The van der Waals surface area contributed by atoms with Crippen molar-refractivity contribution in [2.75, 3.05) is 7.05 Å². The molecule has 1 aromatic carbocycles. The average Bonchev–Trinajstić information content (AvgIpc) is 2.94. The maximum absolute atomic E-state index is 12.7. The highest BCUT2D eigenvalue weighted by Gasteiger charge is 2.33. The number of aromatic nitrogens is 1. The predicted molar refractivity (Wildman–Crippen MR) is 93.6 cm³/mol. The van der Waals surface area contributed by atoms with Gasteiger partial charge in [0.1, 0.15) is 10.5 Å². The predicted octanol–water partition coefficient (Wildman–Crippen LogP) is 3.30. The van der Waals surface area contributed by atoms with Crippen LogP contribution in [0.1, 0.15) is 29.3 Å². The van der Waals surface area contributed by atoms with Crippen molar-refractivity contribution in [2.24, 2.45) is 5.73 Å². The molecule has 1 amide bonds. The largest absolute Gasteiger partial charge is 0.337 e. The van der Waals surface area contributed by atoms with Gasteiger partial charge in [-0.25, -0.2) is 4.98 Å². The summed E-state index contributed by atoms with van der Waals surface area (Å²) in [5, 5.41) is 0.930. The van der Waals surface area contributed by atoms with Crippen LogP contribution >= 0.6 is 27.3 Å². The number of nitrogens with two attached hydrogens (primary N) is 1. The second-order valence-corrected chi connectivity index (χ2v) is 7.56. The van der Waals surface area contributed by atoms with Gasteiger partial charge in [-0.3, -0.25) is 4.79 Å². The summed E-state index contributed by atoms with van der Waals surface area (Å²) in [6.07, 6.45) is 2.83. The van der Waals surface area contributed by atoms with E-state index in [-0.39, 0.29) is 5.91 Å². The average molecular weight is 382 g/mol. The van der Waals surface area contributed by atoms with Crippen LogP contribution in [0.15, 0.2) is 34.9 Å². The van der Waals surface area contributed by atoms with Crippen molar-refractivity contribution in [3.8, 4) is 0 Å². The summed E-state index contributed by atoms with van der Waals surface area (Å²) in [6, 6.07) is 7.52. The lowest BCUT2D eigenvalue weighted by Crippen LogP contribution is -2.49. The minimum absolute atomic E-state index is 0.122. The van der Waals surface area contributed by atoms with Crippen LogP contribution in [0.5, 0.6) is 0 Å². The summed E-state index contributed by atoms with van der Waals surface area (Å²) in [5.41, 5.74) is 6.03. The molecule has 22 heavy (non-hydrogen) atoms. The van der Waals surface area contributed by atoms with E-state index in [1.807, 2.05) is 30.5 Å². The number of hydrogen-bond donors (Lipinski definition) is 1. The molecule has 1 atom stereocenters. The van der Waals surface area contributed by atoms with Gasteiger partial charge in [-0.1, -0.05) is 35.0 Å². The zero-order chi connectivity index (χ0) is 16.3. The smallest absolute Gasteiger partial charge is 0.247 e. The summed E-state index contributed by atoms with van der Waals surface area (Å²) < 4.78 is 0.961. The summed E-state index contributed by atoms with van der Waals surface area (Å²) in [6.45, 7) is 4.32. The van der Waals surface area contributed by atoms with E-state index in [0.717, 1.165) is 21.5 Å². The quantitative estimate of drug-likeness (QED) is 0.863. The number of halogens is 1. The maximum Gasteiger partial charge on any atom is 0.247 e. The van der Waals surface area contributed by atoms with Crippen molar-refractivity contribution in [2.45, 2.75) is 32.4 Å². The van der Waals surface area contributed by atoms with Crippen molar-refractivity contribution in [3.63, 3.8) is 0 Å². The normalized spacial score (nSPS) is 13.7. The zero-order valence-corrected chi connectivity index (χ0v) is 15.4. The molecule has 2 aromatic rings. The number of likely N-dealkylation sites (N-methyl/N-ethyl adjacent to an activating group) is 1. The lowest BCUT2D eigenvalue weighted by molar-refractivity contribution is -0.136. The Morgan fingerprint density at radius 2 is 2.05 bits per heavy atom. The van der Waals surface area contributed by atoms with Gasteiger partial charge in [0.25, 0.3) is 0 Å². The SMILES string of the molecule is CCc1cnc(CN(C)C(=O)C(C)(N)c2ccc(Br)cc2)s1. The lowest BCUT2D eigenvalue weighted by atomic mass is 9.92. The zero-order valence-electron chi connectivity index (χ0n) is 13.0. The first-order valence-electron chi connectivity index (χ1n) is 7.08. The van der Waals surface area contributed by atoms with Crippen molar-refractivity contribution in [1.29, 1.82) is 0 Å². The van der Waals surface area contributed by atoms with E-state index < -0.39 is 5.54 Å². The van der Waals surface area contributed by atoms with Crippen LogP contribution in [0, 0.1) is 0 Å². The minimum atomic E-state index is -1.06. The molecule has 0 bridgehead atoms. The fourth-order valence-corrected chi connectivity index (χ4v) is 3.36. The molecule has 0 saturated heterocycles. The molecule has 0 radical (unpaired) electrons. The van der Waals surface area contributed by atoms with E-state index in [2.05, 4.69) is 27.8 Å². The van der Waals surface area contributed by atoms with Crippen LogP contribution in [-0.4, -0.2) is 22.8 Å². The van der Waals surface area contributed by atoms with Gasteiger partial charge < -0.3 is 10.6 Å². The number of nitrogens with zero attached hydrogens (tertiary/aromatic N) is 2. The molecule has 0 saturated carbocycles. The molecule has 2 rings (SSSR count). The first-order valence-corrected chi connectivity index (χ1v) is 8.69. The highest BCUT2D eigenvalue weighted by Crippen LogP contribution is 2.23. The summed E-state index contributed by atoms with van der Waals surface area (Å²) >= 11 is 5.02. The number of carbonyl (C=O) groups excluding carboxylic acids is 1. The minimum Gasteiger partial charge on any atom is -0.337 e. The monoisotopic (exact) mass is 381 g/mol. The molecule has 1 heterocycles. The highest BCUT2D eigenvalue weighted by molar-refractivity contribution is 9.10. The van der Waals surface area contributed by atoms with Crippen LogP contribution in [0.3, 0.4) is 0 Å². The summed E-state index contributed by atoms with van der Waals surface area (Å²) in [5.74, 6) is -0.122. The molecule has 2 N–H and O–H groups in total. The molecule has 6 heteroatoms. The van der Waals surface area contributed by atoms with Crippen LogP contribution < -0.4 is 5.73 Å². The van der Waals surface area contributed by atoms with Gasteiger partial charge in [0.15, 0.2) is 0 Å². The van der Waals surface area contributed by atoms with Gasteiger partial charge >= 0.3 is 0 Å². The molecule has 0 aliphatic carbocycles. The molecule has 0 aliphatic rings. The number of aryl methyl sites for hydroxylation is 1. The van der Waals surface area contributed by atoms with E-state index in [1.165, 1.54) is 4.88 Å². The lowest BCUT2D eigenvalue weighted by Gasteiger charge is -2.29. The molecular weight excluding hydrogens is 362 g/mol. The van der Waals surface area contributed by atoms with Gasteiger partial charge in [0.05, 0.1) is 6.54 Å². The van der Waals surface area contributed by atoms with Gasteiger partial charge in [0, 0.05) is 22.6 Å². The Labute approximate surface area is 143 Å². The van der Waals surface area contributed by atoms with E-state index in [4.69, 9.17) is 5.73 Å². The Morgan fingerprint density at radius 3 is 2.59 bits per heavy atom. The topological polar surface area (TPSA) is 59.2 Å². The fourth-order valence-electron chi connectivity index (χ4n) is 2.18. The Balaban J connectivity index is 2.12. The first kappa shape index (κ1) is 17.1. The third kappa shape index (κ3) is 3.74. The molecule has 1 aromatic heterocycles. The van der Waals surface area contributed by atoms with Crippen LogP contribution in [0.2, 0.25) is 0 Å². The molecule has 1 unspecified atom stereocenters. The first-order chi connectivity index (χ1) is 10.3. The second kappa shape index (κ2) is 6.89. The van der Waals surface area contributed by atoms with Crippen LogP contribution in [0.4, 0.5) is 0 Å². The molecule has 0 aliphatic heterocycles. The Bertz CT molecular complexity index is 652. The Hall–Kier alpha value is -1.24. The van der Waals surface area contributed by atoms with E-state index in [0.29, 0.717) is 6.54 Å². The standard InChI is InChI=1S/C16H20BrN3OS/c1-4-13-9-19-14(22-13)10-20(3)15(21)16(2,18)11-5-7-12(17)8-6-11/h5-9H,4,10,18H2,1-3H3. The highest BCUT2D eigenvalue weighted by atomic mass is 79.9. The van der Waals surface area contributed by atoms with E-state index in [1.54, 1.807) is 30.2 Å². The number of rotatable bonds is 5. The molecule has 4 nitrogen and oxygen atoms in total. The molecular formula is C16H20BrN3OS. The number of hydrogen-bond acceptors (Lipinski definition) is 4. The van der Waals surface area contributed by atoms with Crippen molar-refractivity contribution >= 4 is 33.2 Å². The Kier molecular flexibility index (Phi) is 5.36. The summed E-state index contributed by atoms with van der Waals surface area (Å²) in [7, 11) is 1.76. The molecule has 0 fully saturated rings. The van der Waals surface area contributed by atoms with Gasteiger partial charge in [-0.2, -0.15) is 0 Å². The van der Waals surface area contributed by atoms with Gasteiger partial charge in [-0.15, -0.1) is 11.3 Å². The van der Waals surface area contributed by atoms with Gasteiger partial charge in [0.2, 0.25) is 5.91 Å². The number of thiazole rings is 1. The summed E-state index contributed by atoms with van der Waals surface area (Å²) in [4.78, 5) is 19.9. The number of amides is 1. The van der Waals surface area contributed by atoms with Crippen molar-refractivity contribution in [3.05, 3.63) is 50.4 Å². The van der Waals surface area contributed by atoms with E-state index >= 15 is 0 Å².